The van der Waals surface area contributed by atoms with Gasteiger partial charge in [0.2, 0.25) is 0 Å². The van der Waals surface area contributed by atoms with E-state index in [1.165, 1.54) is 6.42 Å². The van der Waals surface area contributed by atoms with Crippen molar-refractivity contribution < 1.29 is 38.0 Å². The Morgan fingerprint density at radius 3 is 2.35 bits per heavy atom. The minimum absolute atomic E-state index is 0.0624. The molecular weight excluding hydrogens is 590 g/mol. The highest BCUT2D eigenvalue weighted by Crippen LogP contribution is 2.51. The monoisotopic (exact) mass is 643 g/mol. The van der Waals surface area contributed by atoms with Gasteiger partial charge >= 0.3 is 12.2 Å². The summed E-state index contributed by atoms with van der Waals surface area (Å²) in [5.41, 5.74) is -0.745. The molecule has 0 saturated carbocycles. The number of thioether (sulfide) groups is 2. The van der Waals surface area contributed by atoms with Crippen LogP contribution in [0, 0.1) is 0 Å². The molecule has 11 heteroatoms. The SMILES string of the molecule is CCC1(CCC/C=C/CCCCC2(C[C@@H]3OC(=O)N(C(=O)OC(C)(C)C)[C@@H]4COC(C)(C)O[C@H]34)SCCCS2)OCCO1. The summed E-state index contributed by atoms with van der Waals surface area (Å²) in [6.45, 7) is 12.8. The second-order valence-corrected chi connectivity index (χ2v) is 16.6. The van der Waals surface area contributed by atoms with Crippen molar-refractivity contribution in [3.63, 3.8) is 0 Å². The quantitative estimate of drug-likeness (QED) is 0.156. The molecular formula is C32H53NO8S2. The molecule has 4 saturated heterocycles. The number of rotatable bonds is 12. The summed E-state index contributed by atoms with van der Waals surface area (Å²) in [5, 5.41) is 0. The first-order valence-electron chi connectivity index (χ1n) is 16.1. The Morgan fingerprint density at radius 2 is 1.70 bits per heavy atom. The van der Waals surface area contributed by atoms with E-state index in [0.717, 1.165) is 67.8 Å². The number of ether oxygens (including phenoxy) is 6. The van der Waals surface area contributed by atoms with Crippen LogP contribution >= 0.6 is 23.5 Å². The zero-order valence-electron chi connectivity index (χ0n) is 27.0. The van der Waals surface area contributed by atoms with Gasteiger partial charge in [0.15, 0.2) is 11.6 Å². The van der Waals surface area contributed by atoms with Crippen LogP contribution in [0.15, 0.2) is 12.2 Å². The topological polar surface area (TPSA) is 92.8 Å². The van der Waals surface area contributed by atoms with E-state index in [9.17, 15) is 9.59 Å². The summed E-state index contributed by atoms with van der Waals surface area (Å²) in [4.78, 5) is 27.4. The lowest BCUT2D eigenvalue weighted by molar-refractivity contribution is -0.313. The highest BCUT2D eigenvalue weighted by molar-refractivity contribution is 8.18. The number of imide groups is 1. The molecule has 0 aliphatic carbocycles. The molecule has 4 rings (SSSR count). The average Bonchev–Trinajstić information content (AvgIpc) is 3.41. The second kappa shape index (κ2) is 15.1. The minimum atomic E-state index is -0.844. The van der Waals surface area contributed by atoms with Gasteiger partial charge in [0.05, 0.1) is 29.9 Å². The lowest BCUT2D eigenvalue weighted by Gasteiger charge is -2.51. The Bertz CT molecular complexity index is 956. The summed E-state index contributed by atoms with van der Waals surface area (Å²) in [7, 11) is 0. The second-order valence-electron chi connectivity index (χ2n) is 13.4. The van der Waals surface area contributed by atoms with E-state index in [-0.39, 0.29) is 16.5 Å². The van der Waals surface area contributed by atoms with Crippen molar-refractivity contribution in [2.24, 2.45) is 0 Å². The number of cyclic esters (lactones) is 1. The zero-order valence-corrected chi connectivity index (χ0v) is 28.7. The van der Waals surface area contributed by atoms with Crippen LogP contribution in [0.5, 0.6) is 0 Å². The van der Waals surface area contributed by atoms with E-state index in [4.69, 9.17) is 28.4 Å². The molecule has 2 amide bonds. The molecule has 0 aromatic rings. The van der Waals surface area contributed by atoms with E-state index < -0.39 is 41.8 Å². The first kappa shape index (κ1) is 34.9. The van der Waals surface area contributed by atoms with Gasteiger partial charge in [0.1, 0.15) is 17.8 Å². The van der Waals surface area contributed by atoms with E-state index in [0.29, 0.717) is 19.6 Å². The summed E-state index contributed by atoms with van der Waals surface area (Å²) in [6, 6.07) is -0.603. The molecule has 0 aromatic carbocycles. The molecule has 4 aliphatic heterocycles. The van der Waals surface area contributed by atoms with E-state index in [1.807, 2.05) is 37.4 Å². The van der Waals surface area contributed by atoms with E-state index >= 15 is 0 Å². The van der Waals surface area contributed by atoms with Gasteiger partial charge < -0.3 is 28.4 Å². The maximum absolute atomic E-state index is 13.3. The molecule has 0 radical (unpaired) electrons. The summed E-state index contributed by atoms with van der Waals surface area (Å²) >= 11 is 3.97. The van der Waals surface area contributed by atoms with Gasteiger partial charge in [-0.25, -0.2) is 14.5 Å². The third-order valence-electron chi connectivity index (χ3n) is 8.29. The molecule has 0 spiro atoms. The third kappa shape index (κ3) is 9.75. The smallest absolute Gasteiger partial charge is 0.420 e. The molecule has 9 nitrogen and oxygen atoms in total. The van der Waals surface area contributed by atoms with Gasteiger partial charge in [0.25, 0.3) is 0 Å². The number of amides is 2. The van der Waals surface area contributed by atoms with Crippen LogP contribution in [0.2, 0.25) is 0 Å². The number of allylic oxidation sites excluding steroid dienone is 2. The van der Waals surface area contributed by atoms with Crippen LogP contribution in [0.25, 0.3) is 0 Å². The average molecular weight is 644 g/mol. The summed E-state index contributed by atoms with van der Waals surface area (Å²) in [6.07, 6.45) is 12.3. The molecule has 3 atom stereocenters. The van der Waals surface area contributed by atoms with Crippen molar-refractivity contribution in [3.8, 4) is 0 Å². The Hall–Kier alpha value is -0.980. The van der Waals surface area contributed by atoms with Crippen molar-refractivity contribution in [2.75, 3.05) is 31.3 Å². The fourth-order valence-electron chi connectivity index (χ4n) is 6.13. The zero-order chi connectivity index (χ0) is 31.1. The van der Waals surface area contributed by atoms with Crippen LogP contribution < -0.4 is 0 Å². The lowest BCUT2D eigenvalue weighted by Crippen LogP contribution is -2.67. The first-order chi connectivity index (χ1) is 20.4. The Balaban J connectivity index is 1.32. The largest absolute Gasteiger partial charge is 0.443 e. The Morgan fingerprint density at radius 1 is 1.02 bits per heavy atom. The predicted octanol–water partition coefficient (Wildman–Crippen LogP) is 7.66. The maximum atomic E-state index is 13.3. The highest BCUT2D eigenvalue weighted by Gasteiger charge is 2.55. The molecule has 4 heterocycles. The normalized spacial score (nSPS) is 28.5. The molecule has 4 fully saturated rings. The number of fused-ring (bicyclic) bond motifs is 1. The van der Waals surface area contributed by atoms with Gasteiger partial charge in [-0.3, -0.25) is 0 Å². The lowest BCUT2D eigenvalue weighted by atomic mass is 9.95. The number of carbonyl (C=O) groups is 2. The maximum Gasteiger partial charge on any atom is 0.420 e. The van der Waals surface area contributed by atoms with Crippen LogP contribution in [0.4, 0.5) is 9.59 Å². The van der Waals surface area contributed by atoms with Gasteiger partial charge in [0, 0.05) is 12.8 Å². The summed E-state index contributed by atoms with van der Waals surface area (Å²) in [5.74, 6) is 0.981. The number of hydrogen-bond donors (Lipinski definition) is 0. The van der Waals surface area contributed by atoms with Crippen molar-refractivity contribution in [1.82, 2.24) is 4.90 Å². The predicted molar refractivity (Wildman–Crippen MR) is 170 cm³/mol. The number of carbonyl (C=O) groups excluding carboxylic acids is 2. The molecule has 0 N–H and O–H groups in total. The Labute approximate surface area is 266 Å². The van der Waals surface area contributed by atoms with E-state index in [1.54, 1.807) is 20.8 Å². The summed E-state index contributed by atoms with van der Waals surface area (Å²) < 4.78 is 35.4. The minimum Gasteiger partial charge on any atom is -0.443 e. The molecule has 0 bridgehead atoms. The molecule has 0 unspecified atom stereocenters. The molecule has 246 valence electrons. The van der Waals surface area contributed by atoms with Crippen molar-refractivity contribution in [1.29, 1.82) is 0 Å². The Kier molecular flexibility index (Phi) is 12.2. The molecule has 4 aliphatic rings. The van der Waals surface area contributed by atoms with Crippen LogP contribution in [0.1, 0.15) is 106 Å². The van der Waals surface area contributed by atoms with Crippen LogP contribution in [-0.2, 0) is 28.4 Å². The van der Waals surface area contributed by atoms with Gasteiger partial charge in [-0.15, -0.1) is 23.5 Å². The van der Waals surface area contributed by atoms with Gasteiger partial charge in [-0.2, -0.15) is 0 Å². The van der Waals surface area contributed by atoms with Crippen molar-refractivity contribution >= 4 is 35.7 Å². The highest BCUT2D eigenvalue weighted by atomic mass is 32.2. The molecule has 0 aromatic heterocycles. The fourth-order valence-corrected chi connectivity index (χ4v) is 9.60. The van der Waals surface area contributed by atoms with Gasteiger partial charge in [-0.05, 0) is 91.1 Å². The van der Waals surface area contributed by atoms with Crippen LogP contribution in [0.3, 0.4) is 0 Å². The third-order valence-corrected chi connectivity index (χ3v) is 11.8. The van der Waals surface area contributed by atoms with Gasteiger partial charge in [-0.1, -0.05) is 25.5 Å². The number of unbranched alkanes of at least 4 members (excludes halogenated alkanes) is 3. The van der Waals surface area contributed by atoms with Crippen LogP contribution in [-0.4, -0.2) is 87.9 Å². The molecule has 43 heavy (non-hydrogen) atoms. The fraction of sp³-hybridized carbons (Fsp3) is 0.875. The van der Waals surface area contributed by atoms with Crippen molar-refractivity contribution in [2.45, 2.75) is 145 Å². The van der Waals surface area contributed by atoms with E-state index in [2.05, 4.69) is 19.1 Å². The number of nitrogens with zero attached hydrogens (tertiary/aromatic N) is 1. The standard InChI is InChI=1S/C32H53NO8S2/c1-7-31(36-18-19-37-31)16-13-11-9-8-10-12-14-17-32(42-20-15-21-43-32)22-25-26-24(23-38-30(5,6)40-26)33(27(34)39-25)28(35)41-29(2,3)4/h8-9,24-26H,7,10-23H2,1-6H3/b9-8+/t24-,25+,26+/m1/s1. The number of hydrogen-bond acceptors (Lipinski definition) is 10. The first-order valence-corrected chi connectivity index (χ1v) is 18.1. The van der Waals surface area contributed by atoms with Crippen molar-refractivity contribution in [3.05, 3.63) is 12.2 Å².